The number of ether oxygens (including phenoxy) is 1. The lowest BCUT2D eigenvalue weighted by Crippen LogP contribution is -2.38. The summed E-state index contributed by atoms with van der Waals surface area (Å²) in [5.74, 6) is 0.712. The first-order valence-corrected chi connectivity index (χ1v) is 11.8. The molecular weight excluding hydrogens is 440 g/mol. The monoisotopic (exact) mass is 460 g/mol. The van der Waals surface area contributed by atoms with E-state index in [1.165, 1.54) is 11.9 Å². The molecule has 5 nitrogen and oxygen atoms in total. The number of anilines is 1. The maximum atomic E-state index is 11.6. The quantitative estimate of drug-likeness (QED) is 0.575. The van der Waals surface area contributed by atoms with Crippen molar-refractivity contribution in [1.29, 1.82) is 0 Å². The van der Waals surface area contributed by atoms with Crippen LogP contribution in [0, 0.1) is 0 Å². The first-order chi connectivity index (χ1) is 13.4. The van der Waals surface area contributed by atoms with Gasteiger partial charge in [0.15, 0.2) is 9.84 Å². The highest BCUT2D eigenvalue weighted by Crippen LogP contribution is 2.30. The molecule has 0 atom stereocenters. The fourth-order valence-corrected chi connectivity index (χ4v) is 4.54. The van der Waals surface area contributed by atoms with Crippen molar-refractivity contribution in [1.82, 2.24) is 4.98 Å². The summed E-state index contributed by atoms with van der Waals surface area (Å²) in [6.45, 7) is 1.80. The van der Waals surface area contributed by atoms with Crippen LogP contribution in [0.3, 0.4) is 0 Å². The summed E-state index contributed by atoms with van der Waals surface area (Å²) >= 11 is 3.55. The predicted molar refractivity (Wildman–Crippen MR) is 115 cm³/mol. The molecule has 0 radical (unpaired) electrons. The van der Waals surface area contributed by atoms with Gasteiger partial charge in [0, 0.05) is 53.9 Å². The second kappa shape index (κ2) is 7.72. The highest BCUT2D eigenvalue weighted by atomic mass is 79.9. The fraction of sp³-hybridized carbons (Fsp3) is 0.286. The zero-order chi connectivity index (χ0) is 19.7. The molecular formula is C21H21BrN2O3S. The predicted octanol–water partition coefficient (Wildman–Crippen LogP) is 4.45. The van der Waals surface area contributed by atoms with Gasteiger partial charge in [0.05, 0.1) is 10.4 Å². The number of fused-ring (bicyclic) bond motifs is 1. The van der Waals surface area contributed by atoms with Crippen molar-refractivity contribution in [3.63, 3.8) is 0 Å². The van der Waals surface area contributed by atoms with Crippen LogP contribution in [0.4, 0.5) is 5.69 Å². The molecule has 7 heteroatoms. The van der Waals surface area contributed by atoms with Gasteiger partial charge in [0.1, 0.15) is 11.9 Å². The first-order valence-electron chi connectivity index (χ1n) is 9.16. The van der Waals surface area contributed by atoms with Crippen LogP contribution in [0.2, 0.25) is 0 Å². The lowest BCUT2D eigenvalue weighted by atomic mass is 10.1. The summed E-state index contributed by atoms with van der Waals surface area (Å²) < 4.78 is 30.2. The van der Waals surface area contributed by atoms with Crippen molar-refractivity contribution in [3.05, 3.63) is 59.2 Å². The number of hydrogen-bond acceptors (Lipinski definition) is 5. The SMILES string of the molecule is CS(=O)(=O)c1ccc(OC2CCN(c3ccnc4ccc(Br)cc34)CC2)cc1. The van der Waals surface area contributed by atoms with E-state index >= 15 is 0 Å². The molecule has 1 fully saturated rings. The number of piperidine rings is 1. The normalized spacial score (nSPS) is 15.7. The minimum atomic E-state index is -3.18. The van der Waals surface area contributed by atoms with Gasteiger partial charge in [0.2, 0.25) is 0 Å². The van der Waals surface area contributed by atoms with Gasteiger partial charge in [-0.25, -0.2) is 8.42 Å². The molecule has 0 bridgehead atoms. The van der Waals surface area contributed by atoms with Crippen LogP contribution in [0.25, 0.3) is 10.9 Å². The minimum Gasteiger partial charge on any atom is -0.490 e. The number of sulfone groups is 1. The van der Waals surface area contributed by atoms with Gasteiger partial charge >= 0.3 is 0 Å². The zero-order valence-electron chi connectivity index (χ0n) is 15.5. The van der Waals surface area contributed by atoms with Gasteiger partial charge in [-0.3, -0.25) is 4.98 Å². The van der Waals surface area contributed by atoms with Crippen molar-refractivity contribution in [2.24, 2.45) is 0 Å². The number of rotatable bonds is 4. The lowest BCUT2D eigenvalue weighted by Gasteiger charge is -2.34. The van der Waals surface area contributed by atoms with E-state index in [2.05, 4.69) is 37.9 Å². The molecule has 0 aliphatic carbocycles. The largest absolute Gasteiger partial charge is 0.490 e. The Morgan fingerprint density at radius 2 is 1.79 bits per heavy atom. The average Bonchev–Trinajstić information content (AvgIpc) is 2.68. The Morgan fingerprint density at radius 3 is 2.46 bits per heavy atom. The molecule has 0 amide bonds. The Bertz CT molecular complexity index is 1090. The van der Waals surface area contributed by atoms with E-state index < -0.39 is 9.84 Å². The van der Waals surface area contributed by atoms with Crippen LogP contribution in [0.5, 0.6) is 5.75 Å². The molecule has 2 heterocycles. The zero-order valence-corrected chi connectivity index (χ0v) is 17.9. The van der Waals surface area contributed by atoms with E-state index in [1.54, 1.807) is 24.3 Å². The van der Waals surface area contributed by atoms with Gasteiger partial charge in [-0.1, -0.05) is 15.9 Å². The molecule has 1 aliphatic heterocycles. The van der Waals surface area contributed by atoms with E-state index in [-0.39, 0.29) is 6.10 Å². The lowest BCUT2D eigenvalue weighted by molar-refractivity contribution is 0.171. The third-order valence-corrected chi connectivity index (χ3v) is 6.64. The molecule has 0 saturated carbocycles. The maximum absolute atomic E-state index is 11.6. The van der Waals surface area contributed by atoms with Gasteiger partial charge in [-0.15, -0.1) is 0 Å². The Balaban J connectivity index is 1.43. The molecule has 2 aromatic carbocycles. The number of hydrogen-bond donors (Lipinski definition) is 0. The van der Waals surface area contributed by atoms with E-state index in [1.807, 2.05) is 18.3 Å². The van der Waals surface area contributed by atoms with Crippen LogP contribution in [0.1, 0.15) is 12.8 Å². The Hall–Kier alpha value is -2.12. The molecule has 0 spiro atoms. The van der Waals surface area contributed by atoms with Crippen molar-refractivity contribution in [2.75, 3.05) is 24.2 Å². The van der Waals surface area contributed by atoms with E-state index in [0.717, 1.165) is 41.3 Å². The highest BCUT2D eigenvalue weighted by Gasteiger charge is 2.22. The highest BCUT2D eigenvalue weighted by molar-refractivity contribution is 9.10. The van der Waals surface area contributed by atoms with Crippen LogP contribution in [-0.4, -0.2) is 38.9 Å². The fourth-order valence-electron chi connectivity index (χ4n) is 3.55. The maximum Gasteiger partial charge on any atom is 0.175 e. The summed E-state index contributed by atoms with van der Waals surface area (Å²) in [5, 5.41) is 1.15. The summed E-state index contributed by atoms with van der Waals surface area (Å²) in [6.07, 6.45) is 5.01. The minimum absolute atomic E-state index is 0.125. The molecule has 4 rings (SSSR count). The van der Waals surface area contributed by atoms with Gasteiger partial charge in [-0.2, -0.15) is 0 Å². The Labute approximate surface area is 173 Å². The molecule has 28 heavy (non-hydrogen) atoms. The van der Waals surface area contributed by atoms with Crippen molar-refractivity contribution < 1.29 is 13.2 Å². The van der Waals surface area contributed by atoms with Crippen LogP contribution < -0.4 is 9.64 Å². The molecule has 146 valence electrons. The van der Waals surface area contributed by atoms with Crippen molar-refractivity contribution >= 4 is 42.4 Å². The molecule has 1 aliphatic rings. The molecule has 1 aromatic heterocycles. The summed E-state index contributed by atoms with van der Waals surface area (Å²) in [5.41, 5.74) is 2.19. The summed E-state index contributed by atoms with van der Waals surface area (Å²) in [6, 6.07) is 14.9. The van der Waals surface area contributed by atoms with Crippen molar-refractivity contribution in [2.45, 2.75) is 23.8 Å². The van der Waals surface area contributed by atoms with Crippen LogP contribution in [-0.2, 0) is 9.84 Å². The van der Waals surface area contributed by atoms with Crippen molar-refractivity contribution in [3.8, 4) is 5.75 Å². The van der Waals surface area contributed by atoms with Gasteiger partial charge in [-0.05, 0) is 48.5 Å². The topological polar surface area (TPSA) is 59.5 Å². The average molecular weight is 461 g/mol. The number of halogens is 1. The number of pyridine rings is 1. The molecule has 0 N–H and O–H groups in total. The van der Waals surface area contributed by atoms with E-state index in [4.69, 9.17) is 4.74 Å². The summed E-state index contributed by atoms with van der Waals surface area (Å²) in [7, 11) is -3.18. The Morgan fingerprint density at radius 1 is 1.07 bits per heavy atom. The number of benzene rings is 2. The third-order valence-electron chi connectivity index (χ3n) is 5.02. The van der Waals surface area contributed by atoms with Gasteiger partial charge in [0.25, 0.3) is 0 Å². The van der Waals surface area contributed by atoms with Crippen LogP contribution >= 0.6 is 15.9 Å². The Kier molecular flexibility index (Phi) is 5.29. The van der Waals surface area contributed by atoms with Gasteiger partial charge < -0.3 is 9.64 Å². The second-order valence-corrected chi connectivity index (χ2v) is 9.97. The smallest absolute Gasteiger partial charge is 0.175 e. The van der Waals surface area contributed by atoms with Crippen LogP contribution in [0.15, 0.2) is 64.1 Å². The van der Waals surface area contributed by atoms with E-state index in [0.29, 0.717) is 10.6 Å². The molecule has 3 aromatic rings. The third kappa shape index (κ3) is 4.15. The summed E-state index contributed by atoms with van der Waals surface area (Å²) in [4.78, 5) is 7.15. The number of aromatic nitrogens is 1. The number of nitrogens with zero attached hydrogens (tertiary/aromatic N) is 2. The second-order valence-electron chi connectivity index (χ2n) is 7.04. The molecule has 1 saturated heterocycles. The molecule has 0 unspecified atom stereocenters. The standard InChI is InChI=1S/C21H21BrN2O3S/c1-28(25,26)18-5-3-16(4-6-18)27-17-9-12-24(13-10-17)21-8-11-23-20-7-2-15(22)14-19(20)21/h2-8,11,14,17H,9-10,12-13H2,1H3. The van der Waals surface area contributed by atoms with E-state index in [9.17, 15) is 8.42 Å². The first kappa shape index (κ1) is 19.2.